The molecule has 0 spiro atoms. The highest BCUT2D eigenvalue weighted by Crippen LogP contribution is 2.39. The Morgan fingerprint density at radius 1 is 0.968 bits per heavy atom. The minimum absolute atomic E-state index is 0.00457. The van der Waals surface area contributed by atoms with Gasteiger partial charge in [-0.2, -0.15) is 5.10 Å². The first kappa shape index (κ1) is 23.9. The van der Waals surface area contributed by atoms with E-state index in [1.54, 1.807) is 24.3 Å². The van der Waals surface area contributed by atoms with Crippen LogP contribution >= 0.6 is 0 Å². The summed E-state index contributed by atoms with van der Waals surface area (Å²) in [6.45, 7) is 9.37. The average molecular weight is 431 g/mol. The number of amides is 1. The predicted octanol–water partition coefficient (Wildman–Crippen LogP) is 4.14. The lowest BCUT2D eigenvalue weighted by molar-refractivity contribution is 0.0954. The van der Waals surface area contributed by atoms with Crippen LogP contribution in [0.25, 0.3) is 0 Å². The summed E-state index contributed by atoms with van der Waals surface area (Å²) in [6.07, 6.45) is 2.23. The first-order chi connectivity index (χ1) is 15.0. The largest absolute Gasteiger partial charge is 0.507 e. The zero-order valence-electron chi connectivity index (χ0n) is 18.4. The van der Waals surface area contributed by atoms with Gasteiger partial charge in [0.1, 0.15) is 11.5 Å². The van der Waals surface area contributed by atoms with Crippen LogP contribution in [0, 0.1) is 0 Å². The standard InChI is InChI=1S/C23H30N2O6/c1-5-11-31-18-10-9-16(19(26)14-18)15-24-25-23(27)17-12-20(28-6-2)22(30-8-4)21(13-17)29-7-3/h9-10,12-15,26H,5-8,11H2,1-4H3,(H,25,27)/b24-15-. The van der Waals surface area contributed by atoms with Crippen molar-refractivity contribution in [2.45, 2.75) is 34.1 Å². The van der Waals surface area contributed by atoms with Crippen LogP contribution in [0.3, 0.4) is 0 Å². The van der Waals surface area contributed by atoms with Gasteiger partial charge in [-0.25, -0.2) is 5.43 Å². The number of rotatable bonds is 12. The summed E-state index contributed by atoms with van der Waals surface area (Å²) in [7, 11) is 0. The number of benzene rings is 2. The average Bonchev–Trinajstić information content (AvgIpc) is 2.75. The van der Waals surface area contributed by atoms with Crippen molar-refractivity contribution in [1.29, 1.82) is 0 Å². The molecule has 0 aliphatic rings. The molecule has 2 N–H and O–H groups in total. The summed E-state index contributed by atoms with van der Waals surface area (Å²) in [6, 6.07) is 8.06. The lowest BCUT2D eigenvalue weighted by atomic mass is 10.1. The maximum atomic E-state index is 12.6. The third kappa shape index (κ3) is 6.80. The molecule has 1 amide bonds. The van der Waals surface area contributed by atoms with E-state index in [9.17, 15) is 9.90 Å². The van der Waals surface area contributed by atoms with Crippen LogP contribution < -0.4 is 24.4 Å². The third-order valence-corrected chi connectivity index (χ3v) is 4.02. The molecule has 0 saturated heterocycles. The van der Waals surface area contributed by atoms with E-state index in [2.05, 4.69) is 10.5 Å². The molecule has 0 aliphatic heterocycles. The number of ether oxygens (including phenoxy) is 4. The first-order valence-corrected chi connectivity index (χ1v) is 10.4. The van der Waals surface area contributed by atoms with E-state index in [1.807, 2.05) is 27.7 Å². The Hall–Kier alpha value is -3.42. The molecule has 168 valence electrons. The van der Waals surface area contributed by atoms with Gasteiger partial charge in [-0.15, -0.1) is 0 Å². The molecular formula is C23H30N2O6. The van der Waals surface area contributed by atoms with Crippen LogP contribution in [0.1, 0.15) is 50.0 Å². The van der Waals surface area contributed by atoms with Gasteiger partial charge in [0.15, 0.2) is 11.5 Å². The zero-order valence-corrected chi connectivity index (χ0v) is 18.4. The van der Waals surface area contributed by atoms with Gasteiger partial charge >= 0.3 is 0 Å². The Labute approximate surface area is 182 Å². The summed E-state index contributed by atoms with van der Waals surface area (Å²) < 4.78 is 22.4. The summed E-state index contributed by atoms with van der Waals surface area (Å²) in [4.78, 5) is 12.6. The second-order valence-corrected chi connectivity index (χ2v) is 6.37. The summed E-state index contributed by atoms with van der Waals surface area (Å²) in [5.41, 5.74) is 3.20. The Morgan fingerprint density at radius 3 is 2.16 bits per heavy atom. The minimum atomic E-state index is -0.455. The molecule has 0 fully saturated rings. The third-order valence-electron chi connectivity index (χ3n) is 4.02. The second-order valence-electron chi connectivity index (χ2n) is 6.37. The van der Waals surface area contributed by atoms with E-state index in [1.165, 1.54) is 12.3 Å². The number of phenolic OH excluding ortho intramolecular Hbond substituents is 1. The van der Waals surface area contributed by atoms with Crippen molar-refractivity contribution in [3.8, 4) is 28.7 Å². The van der Waals surface area contributed by atoms with Gasteiger partial charge < -0.3 is 24.1 Å². The minimum Gasteiger partial charge on any atom is -0.507 e. The van der Waals surface area contributed by atoms with Gasteiger partial charge in [0.2, 0.25) is 5.75 Å². The van der Waals surface area contributed by atoms with Crippen LogP contribution in [0.15, 0.2) is 35.4 Å². The van der Waals surface area contributed by atoms with E-state index in [0.717, 1.165) is 6.42 Å². The van der Waals surface area contributed by atoms with Gasteiger partial charge in [0.25, 0.3) is 5.91 Å². The quantitative estimate of drug-likeness (QED) is 0.388. The molecule has 0 aliphatic carbocycles. The molecule has 2 aromatic carbocycles. The highest BCUT2D eigenvalue weighted by atomic mass is 16.5. The van der Waals surface area contributed by atoms with Crippen LogP contribution in [0.2, 0.25) is 0 Å². The van der Waals surface area contributed by atoms with E-state index in [0.29, 0.717) is 60.6 Å². The summed E-state index contributed by atoms with van der Waals surface area (Å²) >= 11 is 0. The molecule has 0 atom stereocenters. The molecule has 8 heteroatoms. The van der Waals surface area contributed by atoms with Crippen LogP contribution in [0.4, 0.5) is 0 Å². The van der Waals surface area contributed by atoms with Gasteiger partial charge in [-0.05, 0) is 51.5 Å². The molecule has 0 aromatic heterocycles. The second kappa shape index (κ2) is 12.3. The number of hydrazone groups is 1. The number of carbonyl (C=O) groups is 1. The van der Waals surface area contributed by atoms with E-state index in [-0.39, 0.29) is 5.75 Å². The fourth-order valence-electron chi connectivity index (χ4n) is 2.69. The smallest absolute Gasteiger partial charge is 0.271 e. The van der Waals surface area contributed by atoms with Gasteiger partial charge in [-0.1, -0.05) is 6.92 Å². The van der Waals surface area contributed by atoms with Crippen molar-refractivity contribution in [2.75, 3.05) is 26.4 Å². The van der Waals surface area contributed by atoms with Crippen LogP contribution in [0.5, 0.6) is 28.7 Å². The lowest BCUT2D eigenvalue weighted by Crippen LogP contribution is -2.18. The molecule has 0 saturated carbocycles. The van der Waals surface area contributed by atoms with E-state index in [4.69, 9.17) is 18.9 Å². The van der Waals surface area contributed by atoms with Crippen molar-refractivity contribution in [2.24, 2.45) is 5.10 Å². The van der Waals surface area contributed by atoms with Gasteiger partial charge in [0, 0.05) is 17.2 Å². The molecule has 0 radical (unpaired) electrons. The molecule has 0 unspecified atom stereocenters. The molecule has 31 heavy (non-hydrogen) atoms. The van der Waals surface area contributed by atoms with Crippen molar-refractivity contribution >= 4 is 12.1 Å². The fourth-order valence-corrected chi connectivity index (χ4v) is 2.69. The van der Waals surface area contributed by atoms with Crippen molar-refractivity contribution in [1.82, 2.24) is 5.43 Å². The molecule has 0 heterocycles. The predicted molar refractivity (Wildman–Crippen MR) is 119 cm³/mol. The highest BCUT2D eigenvalue weighted by molar-refractivity contribution is 5.96. The summed E-state index contributed by atoms with van der Waals surface area (Å²) in [5, 5.41) is 14.1. The maximum absolute atomic E-state index is 12.6. The van der Waals surface area contributed by atoms with Gasteiger partial charge in [-0.3, -0.25) is 4.79 Å². The maximum Gasteiger partial charge on any atom is 0.271 e. The molecule has 8 nitrogen and oxygen atoms in total. The Bertz CT molecular complexity index is 871. The Kier molecular flexibility index (Phi) is 9.48. The topological polar surface area (TPSA) is 98.6 Å². The molecule has 0 bridgehead atoms. The number of carbonyl (C=O) groups excluding carboxylic acids is 1. The first-order valence-electron chi connectivity index (χ1n) is 10.4. The van der Waals surface area contributed by atoms with Crippen LogP contribution in [-0.4, -0.2) is 43.7 Å². The molecular weight excluding hydrogens is 400 g/mol. The number of phenols is 1. The Balaban J connectivity index is 2.17. The number of aromatic hydroxyl groups is 1. The van der Waals surface area contributed by atoms with Crippen molar-refractivity contribution in [3.63, 3.8) is 0 Å². The fraction of sp³-hybridized carbons (Fsp3) is 0.391. The number of hydrogen-bond acceptors (Lipinski definition) is 7. The zero-order chi connectivity index (χ0) is 22.6. The van der Waals surface area contributed by atoms with Crippen LogP contribution in [-0.2, 0) is 0 Å². The normalized spacial score (nSPS) is 10.7. The van der Waals surface area contributed by atoms with Crippen molar-refractivity contribution < 1.29 is 28.8 Å². The number of nitrogens with zero attached hydrogens (tertiary/aromatic N) is 1. The van der Waals surface area contributed by atoms with Crippen molar-refractivity contribution in [3.05, 3.63) is 41.5 Å². The Morgan fingerprint density at radius 2 is 1.61 bits per heavy atom. The molecule has 2 aromatic rings. The molecule has 2 rings (SSSR count). The summed E-state index contributed by atoms with van der Waals surface area (Å²) in [5.74, 6) is 1.42. The van der Waals surface area contributed by atoms with E-state index < -0.39 is 5.91 Å². The number of hydrogen-bond donors (Lipinski definition) is 2. The number of nitrogens with one attached hydrogen (secondary N) is 1. The SMILES string of the molecule is CCCOc1ccc(/C=N\NC(=O)c2cc(OCC)c(OCC)c(OCC)c2)c(O)c1. The lowest BCUT2D eigenvalue weighted by Gasteiger charge is -2.16. The van der Waals surface area contributed by atoms with Gasteiger partial charge in [0.05, 0.1) is 32.6 Å². The monoisotopic (exact) mass is 430 g/mol. The highest BCUT2D eigenvalue weighted by Gasteiger charge is 2.18. The van der Waals surface area contributed by atoms with E-state index >= 15 is 0 Å².